The summed E-state index contributed by atoms with van der Waals surface area (Å²) >= 11 is 0. The van der Waals surface area contributed by atoms with E-state index in [2.05, 4.69) is 10.6 Å². The highest BCUT2D eigenvalue weighted by atomic mass is 16.5. The lowest BCUT2D eigenvalue weighted by molar-refractivity contribution is -0.130. The molecule has 0 spiro atoms. The van der Waals surface area contributed by atoms with E-state index >= 15 is 0 Å². The van der Waals surface area contributed by atoms with Crippen molar-refractivity contribution in [3.63, 3.8) is 0 Å². The molecule has 1 fully saturated rings. The van der Waals surface area contributed by atoms with Gasteiger partial charge in [-0.25, -0.2) is 4.79 Å². The summed E-state index contributed by atoms with van der Waals surface area (Å²) in [7, 11) is 0. The number of carbonyl (C=O) groups is 3. The van der Waals surface area contributed by atoms with Crippen LogP contribution in [0, 0.1) is 0 Å². The Morgan fingerprint density at radius 2 is 1.75 bits per heavy atom. The van der Waals surface area contributed by atoms with Crippen LogP contribution in [0.2, 0.25) is 0 Å². The minimum atomic E-state index is -0.927. The first-order valence-corrected chi connectivity index (χ1v) is 9.06. The Kier molecular flexibility index (Phi) is 5.63. The summed E-state index contributed by atoms with van der Waals surface area (Å²) in [4.78, 5) is 37.1. The highest BCUT2D eigenvalue weighted by Gasteiger charge is 2.43. The molecular weight excluding hydrogens is 358 g/mol. The van der Waals surface area contributed by atoms with Gasteiger partial charge < -0.3 is 15.4 Å². The molecule has 2 aromatic rings. The number of nitrogens with one attached hydrogen (secondary N) is 2. The molecular formula is C21H23N3O4. The summed E-state index contributed by atoms with van der Waals surface area (Å²) in [5, 5.41) is 5.34. The summed E-state index contributed by atoms with van der Waals surface area (Å²) in [5.41, 5.74) is 0.765. The molecule has 0 atom stereocenters. The summed E-state index contributed by atoms with van der Waals surface area (Å²) in [5.74, 6) is 0.0943. The second-order valence-electron chi connectivity index (χ2n) is 7.11. The first-order chi connectivity index (χ1) is 13.3. The zero-order chi connectivity index (χ0) is 20.1. The van der Waals surface area contributed by atoms with E-state index in [1.54, 1.807) is 38.1 Å². The van der Waals surface area contributed by atoms with Crippen molar-refractivity contribution >= 4 is 23.5 Å². The third-order valence-corrected chi connectivity index (χ3v) is 4.39. The van der Waals surface area contributed by atoms with Gasteiger partial charge in [-0.05, 0) is 43.7 Å². The number of nitrogens with zero attached hydrogens (tertiary/aromatic N) is 1. The van der Waals surface area contributed by atoms with E-state index in [0.717, 1.165) is 10.5 Å². The van der Waals surface area contributed by atoms with Gasteiger partial charge in [0.2, 0.25) is 5.91 Å². The Morgan fingerprint density at radius 3 is 2.36 bits per heavy atom. The lowest BCUT2D eigenvalue weighted by atomic mass is 10.1. The molecule has 0 bridgehead atoms. The molecule has 28 heavy (non-hydrogen) atoms. The van der Waals surface area contributed by atoms with E-state index in [1.807, 2.05) is 30.3 Å². The molecule has 2 aromatic carbocycles. The monoisotopic (exact) mass is 381 g/mol. The van der Waals surface area contributed by atoms with E-state index in [4.69, 9.17) is 4.74 Å². The largest absolute Gasteiger partial charge is 0.489 e. The minimum Gasteiger partial charge on any atom is -0.489 e. The van der Waals surface area contributed by atoms with Crippen LogP contribution < -0.4 is 15.4 Å². The fourth-order valence-electron chi connectivity index (χ4n) is 2.83. The summed E-state index contributed by atoms with van der Waals surface area (Å²) in [6.07, 6.45) is 0.0293. The average Bonchev–Trinajstić information content (AvgIpc) is 2.87. The molecule has 2 N–H and O–H groups in total. The van der Waals surface area contributed by atoms with E-state index in [-0.39, 0.29) is 24.8 Å². The van der Waals surface area contributed by atoms with Gasteiger partial charge >= 0.3 is 6.03 Å². The normalized spacial score (nSPS) is 15.3. The number of amides is 4. The number of hydrogen-bond acceptors (Lipinski definition) is 4. The predicted octanol–water partition coefficient (Wildman–Crippen LogP) is 2.92. The van der Waals surface area contributed by atoms with Gasteiger partial charge in [0, 0.05) is 18.7 Å². The predicted molar refractivity (Wildman–Crippen MR) is 105 cm³/mol. The van der Waals surface area contributed by atoms with E-state index in [0.29, 0.717) is 18.0 Å². The first-order valence-electron chi connectivity index (χ1n) is 9.06. The molecule has 4 amide bonds. The molecule has 0 unspecified atom stereocenters. The second kappa shape index (κ2) is 8.12. The van der Waals surface area contributed by atoms with Gasteiger partial charge in [-0.2, -0.15) is 0 Å². The van der Waals surface area contributed by atoms with Crippen molar-refractivity contribution in [2.45, 2.75) is 32.4 Å². The standard InChI is InChI=1S/C21H23N3O4/c1-21(2)19(26)24(20(27)23-21)13-12-18(25)22-16-8-10-17(11-9-16)28-14-15-6-4-3-5-7-15/h3-11H,12-14H2,1-2H3,(H,22,25)(H,23,27). The van der Waals surface area contributed by atoms with Crippen LogP contribution in [0.1, 0.15) is 25.8 Å². The Balaban J connectivity index is 1.47. The molecule has 3 rings (SSSR count). The van der Waals surface area contributed by atoms with Crippen molar-refractivity contribution in [1.29, 1.82) is 0 Å². The molecule has 1 saturated heterocycles. The van der Waals surface area contributed by atoms with Crippen LogP contribution in [0.5, 0.6) is 5.75 Å². The Morgan fingerprint density at radius 1 is 1.07 bits per heavy atom. The Bertz CT molecular complexity index is 863. The molecule has 0 radical (unpaired) electrons. The van der Waals surface area contributed by atoms with Crippen molar-refractivity contribution in [3.8, 4) is 5.75 Å². The first kappa shape index (κ1) is 19.4. The van der Waals surface area contributed by atoms with Crippen LogP contribution in [0.25, 0.3) is 0 Å². The number of urea groups is 1. The highest BCUT2D eigenvalue weighted by Crippen LogP contribution is 2.19. The minimum absolute atomic E-state index is 0.0293. The average molecular weight is 381 g/mol. The maximum atomic E-state index is 12.1. The van der Waals surface area contributed by atoms with Gasteiger partial charge in [0.1, 0.15) is 17.9 Å². The zero-order valence-electron chi connectivity index (χ0n) is 15.9. The summed E-state index contributed by atoms with van der Waals surface area (Å²) in [6, 6.07) is 16.4. The number of benzene rings is 2. The van der Waals surface area contributed by atoms with E-state index < -0.39 is 11.6 Å². The molecule has 146 valence electrons. The second-order valence-corrected chi connectivity index (χ2v) is 7.11. The third kappa shape index (κ3) is 4.68. The SMILES string of the molecule is CC1(C)NC(=O)N(CCC(=O)Nc2ccc(OCc3ccccc3)cc2)C1=O. The van der Waals surface area contributed by atoms with Crippen molar-refractivity contribution in [2.24, 2.45) is 0 Å². The fourth-order valence-corrected chi connectivity index (χ4v) is 2.83. The van der Waals surface area contributed by atoms with Crippen LogP contribution in [-0.4, -0.2) is 34.8 Å². The van der Waals surface area contributed by atoms with Gasteiger partial charge in [-0.1, -0.05) is 30.3 Å². The molecule has 7 heteroatoms. The zero-order valence-corrected chi connectivity index (χ0v) is 15.9. The molecule has 0 aromatic heterocycles. The van der Waals surface area contributed by atoms with Crippen LogP contribution in [-0.2, 0) is 16.2 Å². The number of ether oxygens (including phenoxy) is 1. The van der Waals surface area contributed by atoms with Gasteiger partial charge in [0.15, 0.2) is 0 Å². The molecule has 0 saturated carbocycles. The molecule has 7 nitrogen and oxygen atoms in total. The van der Waals surface area contributed by atoms with Crippen molar-refractivity contribution < 1.29 is 19.1 Å². The lowest BCUT2D eigenvalue weighted by Gasteiger charge is -2.15. The van der Waals surface area contributed by atoms with Crippen molar-refractivity contribution in [2.75, 3.05) is 11.9 Å². The summed E-state index contributed by atoms with van der Waals surface area (Å²) < 4.78 is 5.71. The van der Waals surface area contributed by atoms with Crippen LogP contribution in [0.15, 0.2) is 54.6 Å². The van der Waals surface area contributed by atoms with Crippen molar-refractivity contribution in [1.82, 2.24) is 10.2 Å². The van der Waals surface area contributed by atoms with Gasteiger partial charge in [-0.15, -0.1) is 0 Å². The molecule has 1 heterocycles. The number of imide groups is 1. The van der Waals surface area contributed by atoms with Crippen LogP contribution in [0.3, 0.4) is 0 Å². The third-order valence-electron chi connectivity index (χ3n) is 4.39. The summed E-state index contributed by atoms with van der Waals surface area (Å²) in [6.45, 7) is 3.77. The fraction of sp³-hybridized carbons (Fsp3) is 0.286. The van der Waals surface area contributed by atoms with Crippen LogP contribution in [0.4, 0.5) is 10.5 Å². The smallest absolute Gasteiger partial charge is 0.325 e. The van der Waals surface area contributed by atoms with Gasteiger partial charge in [0.25, 0.3) is 5.91 Å². The van der Waals surface area contributed by atoms with E-state index in [1.165, 1.54) is 0 Å². The Hall–Kier alpha value is -3.35. The van der Waals surface area contributed by atoms with Gasteiger partial charge in [0.05, 0.1) is 0 Å². The molecule has 1 aliphatic heterocycles. The molecule has 1 aliphatic rings. The topological polar surface area (TPSA) is 87.7 Å². The van der Waals surface area contributed by atoms with Crippen molar-refractivity contribution in [3.05, 3.63) is 60.2 Å². The Labute approximate surface area is 163 Å². The van der Waals surface area contributed by atoms with E-state index in [9.17, 15) is 14.4 Å². The number of hydrogen-bond donors (Lipinski definition) is 2. The highest BCUT2D eigenvalue weighted by molar-refractivity contribution is 6.06. The maximum Gasteiger partial charge on any atom is 0.325 e. The van der Waals surface area contributed by atoms with Crippen LogP contribution >= 0.6 is 0 Å². The number of anilines is 1. The maximum absolute atomic E-state index is 12.1. The number of rotatable bonds is 7. The van der Waals surface area contributed by atoms with Gasteiger partial charge in [-0.3, -0.25) is 14.5 Å². The molecule has 0 aliphatic carbocycles. The quantitative estimate of drug-likeness (QED) is 0.722. The number of carbonyl (C=O) groups excluding carboxylic acids is 3. The lowest BCUT2D eigenvalue weighted by Crippen LogP contribution is -2.40.